The maximum Gasteiger partial charge on any atom is 0.494 e. The Morgan fingerprint density at radius 1 is 1.18 bits per heavy atom. The summed E-state index contributed by atoms with van der Waals surface area (Å²) in [5, 5.41) is 17.7. The van der Waals surface area contributed by atoms with Crippen LogP contribution < -0.4 is 10.2 Å². The Hall–Kier alpha value is -1.57. The molecule has 0 saturated carbocycles. The molecule has 0 bridgehead atoms. The molecule has 1 atom stereocenters. The first-order valence-electron chi connectivity index (χ1n) is 7.12. The molecule has 1 aromatic rings. The number of carboxylic acids is 1. The van der Waals surface area contributed by atoms with Crippen LogP contribution in [0.15, 0.2) is 24.3 Å². The average molecular weight is 308 g/mol. The normalized spacial score (nSPS) is 20.7. The van der Waals surface area contributed by atoms with Crippen LogP contribution in [0.5, 0.6) is 5.75 Å². The molecule has 1 unspecified atom stereocenters. The Morgan fingerprint density at radius 3 is 2.14 bits per heavy atom. The van der Waals surface area contributed by atoms with Crippen molar-refractivity contribution in [2.24, 2.45) is 0 Å². The van der Waals surface area contributed by atoms with Crippen molar-refractivity contribution >= 4 is 18.6 Å². The number of aliphatic hydroxyl groups excluding tert-OH is 1. The van der Waals surface area contributed by atoms with Crippen molar-refractivity contribution in [1.82, 2.24) is 0 Å². The minimum absolute atomic E-state index is 0.300. The maximum absolute atomic E-state index is 10.5. The van der Waals surface area contributed by atoms with E-state index >= 15 is 0 Å². The fourth-order valence-electron chi connectivity index (χ4n) is 1.95. The van der Waals surface area contributed by atoms with Crippen molar-refractivity contribution in [1.29, 1.82) is 0 Å². The Balaban J connectivity index is 2.00. The molecule has 120 valence electrons. The van der Waals surface area contributed by atoms with Crippen LogP contribution in [0.2, 0.25) is 0 Å². The highest BCUT2D eigenvalue weighted by molar-refractivity contribution is 6.62. The van der Waals surface area contributed by atoms with Gasteiger partial charge in [-0.2, -0.15) is 0 Å². The molecule has 0 aromatic heterocycles. The fourth-order valence-corrected chi connectivity index (χ4v) is 1.95. The number of carboxylic acid groups (broad SMARTS) is 1. The first-order chi connectivity index (χ1) is 10.1. The predicted molar refractivity (Wildman–Crippen MR) is 81.3 cm³/mol. The SMILES string of the molecule is CC1(C)OB(c2ccc(OCC(O)C(=O)O)cc2)OC1(C)C. The van der Waals surface area contributed by atoms with Gasteiger partial charge in [0.15, 0.2) is 6.10 Å². The molecule has 1 fully saturated rings. The number of aliphatic carboxylic acids is 1. The zero-order valence-corrected chi connectivity index (χ0v) is 13.2. The van der Waals surface area contributed by atoms with Crippen molar-refractivity contribution in [3.63, 3.8) is 0 Å². The molecule has 6 nitrogen and oxygen atoms in total. The summed E-state index contributed by atoms with van der Waals surface area (Å²) in [6.07, 6.45) is -1.54. The number of benzene rings is 1. The summed E-state index contributed by atoms with van der Waals surface area (Å²) >= 11 is 0. The third-order valence-electron chi connectivity index (χ3n) is 4.10. The van der Waals surface area contributed by atoms with E-state index in [4.69, 9.17) is 24.3 Å². The van der Waals surface area contributed by atoms with E-state index < -0.39 is 30.4 Å². The van der Waals surface area contributed by atoms with E-state index in [1.54, 1.807) is 24.3 Å². The van der Waals surface area contributed by atoms with Gasteiger partial charge in [-0.1, -0.05) is 12.1 Å². The van der Waals surface area contributed by atoms with Crippen molar-refractivity contribution in [3.8, 4) is 5.75 Å². The summed E-state index contributed by atoms with van der Waals surface area (Å²) in [5.41, 5.74) is 0.0430. The van der Waals surface area contributed by atoms with E-state index in [-0.39, 0.29) is 6.61 Å². The van der Waals surface area contributed by atoms with Crippen LogP contribution in [-0.4, -0.2) is 47.2 Å². The van der Waals surface area contributed by atoms with Gasteiger partial charge in [0.05, 0.1) is 11.2 Å². The monoisotopic (exact) mass is 308 g/mol. The van der Waals surface area contributed by atoms with Gasteiger partial charge in [-0.3, -0.25) is 0 Å². The van der Waals surface area contributed by atoms with Crippen molar-refractivity contribution in [2.45, 2.75) is 45.0 Å². The van der Waals surface area contributed by atoms with Crippen molar-refractivity contribution in [3.05, 3.63) is 24.3 Å². The molecule has 0 spiro atoms. The maximum atomic E-state index is 10.5. The molecule has 2 N–H and O–H groups in total. The minimum Gasteiger partial charge on any atom is -0.490 e. The second-order valence-corrected chi connectivity index (χ2v) is 6.32. The van der Waals surface area contributed by atoms with E-state index in [9.17, 15) is 4.79 Å². The number of aliphatic hydroxyl groups is 1. The van der Waals surface area contributed by atoms with Crippen molar-refractivity contribution < 1.29 is 29.1 Å². The second-order valence-electron chi connectivity index (χ2n) is 6.32. The van der Waals surface area contributed by atoms with E-state index in [0.29, 0.717) is 5.75 Å². The zero-order valence-electron chi connectivity index (χ0n) is 13.2. The molecular weight excluding hydrogens is 287 g/mol. The first-order valence-corrected chi connectivity index (χ1v) is 7.12. The topological polar surface area (TPSA) is 85.2 Å². The molecule has 0 radical (unpaired) electrons. The van der Waals surface area contributed by atoms with E-state index in [1.165, 1.54) is 0 Å². The molecule has 1 aliphatic rings. The summed E-state index contributed by atoms with van der Waals surface area (Å²) < 4.78 is 17.1. The highest BCUT2D eigenvalue weighted by Crippen LogP contribution is 2.36. The molecule has 1 heterocycles. The standard InChI is InChI=1S/C15H21BO6/c1-14(2)15(3,4)22-16(21-14)10-5-7-11(8-6-10)20-9-12(17)13(18)19/h5-8,12,17H,9H2,1-4H3,(H,18,19). The average Bonchev–Trinajstić information content (AvgIpc) is 2.65. The van der Waals surface area contributed by atoms with Gasteiger partial charge in [0, 0.05) is 0 Å². The summed E-state index contributed by atoms with van der Waals surface area (Å²) in [6, 6.07) is 6.97. The van der Waals surface area contributed by atoms with Crippen LogP contribution in [0.4, 0.5) is 0 Å². The highest BCUT2D eigenvalue weighted by atomic mass is 16.7. The van der Waals surface area contributed by atoms with Gasteiger partial charge in [0.25, 0.3) is 0 Å². The molecule has 22 heavy (non-hydrogen) atoms. The lowest BCUT2D eigenvalue weighted by molar-refractivity contribution is -0.148. The lowest BCUT2D eigenvalue weighted by Gasteiger charge is -2.32. The molecule has 0 amide bonds. The number of rotatable bonds is 5. The molecule has 0 aliphatic carbocycles. The molecular formula is C15H21BO6. The van der Waals surface area contributed by atoms with Crippen LogP contribution in [0.25, 0.3) is 0 Å². The third kappa shape index (κ3) is 3.43. The zero-order chi connectivity index (χ0) is 16.5. The largest absolute Gasteiger partial charge is 0.494 e. The van der Waals surface area contributed by atoms with Crippen molar-refractivity contribution in [2.75, 3.05) is 6.61 Å². The van der Waals surface area contributed by atoms with Gasteiger partial charge in [0.1, 0.15) is 12.4 Å². The van der Waals surface area contributed by atoms with Crippen LogP contribution in [0.3, 0.4) is 0 Å². The second kappa shape index (κ2) is 5.91. The minimum atomic E-state index is -1.54. The smallest absolute Gasteiger partial charge is 0.490 e. The summed E-state index contributed by atoms with van der Waals surface area (Å²) in [5.74, 6) is -0.839. The molecule has 1 aliphatic heterocycles. The molecule has 2 rings (SSSR count). The summed E-state index contributed by atoms with van der Waals surface area (Å²) in [4.78, 5) is 10.5. The number of carbonyl (C=O) groups is 1. The van der Waals surface area contributed by atoms with E-state index in [2.05, 4.69) is 0 Å². The van der Waals surface area contributed by atoms with Gasteiger partial charge in [-0.05, 0) is 45.3 Å². The van der Waals surface area contributed by atoms with Crippen LogP contribution >= 0.6 is 0 Å². The van der Waals surface area contributed by atoms with Gasteiger partial charge < -0.3 is 24.3 Å². The van der Waals surface area contributed by atoms with Gasteiger partial charge in [-0.15, -0.1) is 0 Å². The summed E-state index contributed by atoms with van der Waals surface area (Å²) in [6.45, 7) is 7.64. The molecule has 1 saturated heterocycles. The quantitative estimate of drug-likeness (QED) is 0.783. The number of hydrogen-bond donors (Lipinski definition) is 2. The first kappa shape index (κ1) is 16.8. The predicted octanol–water partition coefficient (Wildman–Crippen LogP) is 0.810. The van der Waals surface area contributed by atoms with Gasteiger partial charge >= 0.3 is 13.1 Å². The van der Waals surface area contributed by atoms with E-state index in [1.807, 2.05) is 27.7 Å². The Kier molecular flexibility index (Phi) is 4.51. The van der Waals surface area contributed by atoms with Gasteiger partial charge in [0.2, 0.25) is 0 Å². The Morgan fingerprint density at radius 2 is 1.68 bits per heavy atom. The fraction of sp³-hybridized carbons (Fsp3) is 0.533. The molecule has 1 aromatic carbocycles. The highest BCUT2D eigenvalue weighted by Gasteiger charge is 2.51. The van der Waals surface area contributed by atoms with Crippen LogP contribution in [-0.2, 0) is 14.1 Å². The van der Waals surface area contributed by atoms with Gasteiger partial charge in [-0.25, -0.2) is 4.79 Å². The third-order valence-corrected chi connectivity index (χ3v) is 4.10. The van der Waals surface area contributed by atoms with Crippen LogP contribution in [0, 0.1) is 0 Å². The number of hydrogen-bond acceptors (Lipinski definition) is 5. The number of ether oxygens (including phenoxy) is 1. The molecule has 7 heteroatoms. The Labute approximate surface area is 130 Å². The summed E-state index contributed by atoms with van der Waals surface area (Å²) in [7, 11) is -0.455. The lowest BCUT2D eigenvalue weighted by Crippen LogP contribution is -2.41. The van der Waals surface area contributed by atoms with E-state index in [0.717, 1.165) is 5.46 Å². The lowest BCUT2D eigenvalue weighted by atomic mass is 9.79. The Bertz CT molecular complexity index is 523. The van der Waals surface area contributed by atoms with Crippen LogP contribution in [0.1, 0.15) is 27.7 Å².